The molecule has 0 aliphatic carbocycles. The number of benzene rings is 1. The zero-order valence-corrected chi connectivity index (χ0v) is 19.3. The van der Waals surface area contributed by atoms with Crippen molar-refractivity contribution in [3.05, 3.63) is 60.3 Å². The first-order valence-corrected chi connectivity index (χ1v) is 10.9. The van der Waals surface area contributed by atoms with Gasteiger partial charge in [-0.25, -0.2) is 14.8 Å². The molecule has 1 fully saturated rings. The van der Waals surface area contributed by atoms with E-state index in [-0.39, 0.29) is 24.0 Å². The van der Waals surface area contributed by atoms with Crippen molar-refractivity contribution >= 4 is 17.8 Å². The lowest BCUT2D eigenvalue weighted by atomic mass is 10.0. The van der Waals surface area contributed by atoms with Crippen molar-refractivity contribution in [2.45, 2.75) is 39.0 Å². The predicted octanol–water partition coefficient (Wildman–Crippen LogP) is 4.75. The van der Waals surface area contributed by atoms with Crippen LogP contribution in [0.2, 0.25) is 0 Å². The summed E-state index contributed by atoms with van der Waals surface area (Å²) in [6.45, 7) is 6.64. The molecule has 0 spiro atoms. The summed E-state index contributed by atoms with van der Waals surface area (Å²) in [6.07, 6.45) is 0.494. The normalized spacial score (nSPS) is 17.5. The van der Waals surface area contributed by atoms with E-state index < -0.39 is 11.7 Å². The number of nitrogens with one attached hydrogen (secondary N) is 1. The zero-order chi connectivity index (χ0) is 24.6. The third kappa shape index (κ3) is 4.68. The molecule has 0 bridgehead atoms. The lowest BCUT2D eigenvalue weighted by molar-refractivity contribution is -0.137. The molecule has 1 aliphatic heterocycles. The molecular weight excluding hydrogens is 447 g/mol. The molecule has 2 aromatic heterocycles. The van der Waals surface area contributed by atoms with Crippen LogP contribution in [0.1, 0.15) is 38.1 Å². The van der Waals surface area contributed by atoms with Crippen molar-refractivity contribution in [1.29, 1.82) is 0 Å². The molecule has 3 aromatic rings. The van der Waals surface area contributed by atoms with Crippen molar-refractivity contribution in [2.24, 2.45) is 5.92 Å². The average Bonchev–Trinajstić information content (AvgIpc) is 3.39. The van der Waals surface area contributed by atoms with E-state index in [1.807, 2.05) is 6.92 Å². The Balaban J connectivity index is 1.49. The Labute approximate surface area is 195 Å². The van der Waals surface area contributed by atoms with Crippen LogP contribution in [-0.2, 0) is 6.18 Å². The van der Waals surface area contributed by atoms with E-state index >= 15 is 0 Å². The predicted molar refractivity (Wildman–Crippen MR) is 122 cm³/mol. The SMILES string of the molecule is CC(C)C1CN(C)C(=O)N1c1ccnc(N[C@@H](C)c2cn(-c3ccc(C(F)(F)F)cc3)cn2)n1. The highest BCUT2D eigenvalue weighted by molar-refractivity contribution is 5.94. The molecule has 2 amide bonds. The van der Waals surface area contributed by atoms with Crippen LogP contribution >= 0.6 is 0 Å². The highest BCUT2D eigenvalue weighted by Gasteiger charge is 2.38. The molecule has 180 valence electrons. The van der Waals surface area contributed by atoms with E-state index in [2.05, 4.69) is 34.1 Å². The highest BCUT2D eigenvalue weighted by Crippen LogP contribution is 2.30. The van der Waals surface area contributed by atoms with Gasteiger partial charge in [-0.2, -0.15) is 18.2 Å². The molecule has 0 saturated carbocycles. The quantitative estimate of drug-likeness (QED) is 0.559. The number of halogens is 3. The summed E-state index contributed by atoms with van der Waals surface area (Å²) in [5.74, 6) is 1.13. The number of likely N-dealkylation sites (N-methyl/N-ethyl adjacent to an activating group) is 1. The number of hydrogen-bond acceptors (Lipinski definition) is 5. The molecule has 2 atom stereocenters. The van der Waals surface area contributed by atoms with Crippen molar-refractivity contribution < 1.29 is 18.0 Å². The van der Waals surface area contributed by atoms with Crippen molar-refractivity contribution in [1.82, 2.24) is 24.4 Å². The maximum absolute atomic E-state index is 12.8. The van der Waals surface area contributed by atoms with Gasteiger partial charge in [-0.05, 0) is 43.2 Å². The van der Waals surface area contributed by atoms with Crippen LogP contribution in [0.3, 0.4) is 0 Å². The van der Waals surface area contributed by atoms with Gasteiger partial charge in [-0.15, -0.1) is 0 Å². The fourth-order valence-corrected chi connectivity index (χ4v) is 3.89. The molecule has 0 radical (unpaired) electrons. The van der Waals surface area contributed by atoms with Crippen LogP contribution in [0.25, 0.3) is 5.69 Å². The van der Waals surface area contributed by atoms with Crippen molar-refractivity contribution in [2.75, 3.05) is 23.8 Å². The number of aromatic nitrogens is 4. The number of imidazole rings is 1. The molecule has 4 rings (SSSR count). The Hall–Kier alpha value is -3.63. The number of carbonyl (C=O) groups excluding carboxylic acids is 1. The number of urea groups is 1. The summed E-state index contributed by atoms with van der Waals surface area (Å²) in [7, 11) is 1.77. The molecule has 1 N–H and O–H groups in total. The molecule has 34 heavy (non-hydrogen) atoms. The van der Waals surface area contributed by atoms with Crippen LogP contribution in [0.5, 0.6) is 0 Å². The second-order valence-corrected chi connectivity index (χ2v) is 8.70. The van der Waals surface area contributed by atoms with E-state index in [9.17, 15) is 18.0 Å². The van der Waals surface area contributed by atoms with Gasteiger partial charge >= 0.3 is 12.2 Å². The van der Waals surface area contributed by atoms with Gasteiger partial charge in [-0.1, -0.05) is 13.8 Å². The number of nitrogens with zero attached hydrogens (tertiary/aromatic N) is 6. The number of alkyl halides is 3. The minimum atomic E-state index is -4.38. The van der Waals surface area contributed by atoms with E-state index in [0.717, 1.165) is 12.1 Å². The maximum atomic E-state index is 12.8. The third-order valence-corrected chi connectivity index (χ3v) is 5.87. The topological polar surface area (TPSA) is 79.2 Å². The zero-order valence-electron chi connectivity index (χ0n) is 19.3. The van der Waals surface area contributed by atoms with Gasteiger partial charge < -0.3 is 14.8 Å². The number of carbonyl (C=O) groups is 1. The van der Waals surface area contributed by atoms with Gasteiger partial charge in [0.2, 0.25) is 5.95 Å². The highest BCUT2D eigenvalue weighted by atomic mass is 19.4. The summed E-state index contributed by atoms with van der Waals surface area (Å²) in [5.41, 5.74) is 0.519. The largest absolute Gasteiger partial charge is 0.416 e. The first-order valence-electron chi connectivity index (χ1n) is 10.9. The van der Waals surface area contributed by atoms with Gasteiger partial charge in [0, 0.05) is 31.7 Å². The monoisotopic (exact) mass is 473 g/mol. The third-order valence-electron chi connectivity index (χ3n) is 5.87. The van der Waals surface area contributed by atoms with Crippen LogP contribution in [0.4, 0.5) is 29.7 Å². The summed E-state index contributed by atoms with van der Waals surface area (Å²) < 4.78 is 40.1. The molecular formula is C23H26F3N7O. The molecule has 1 aliphatic rings. The number of rotatable bonds is 6. The molecule has 1 saturated heterocycles. The molecule has 11 heteroatoms. The molecule has 1 aromatic carbocycles. The Kier molecular flexibility index (Phi) is 6.20. The molecule has 3 heterocycles. The lowest BCUT2D eigenvalue weighted by Crippen LogP contribution is -2.38. The summed E-state index contributed by atoms with van der Waals surface area (Å²) in [6, 6.07) is 6.20. The van der Waals surface area contributed by atoms with E-state index in [1.54, 1.807) is 46.2 Å². The van der Waals surface area contributed by atoms with Gasteiger partial charge in [0.15, 0.2) is 0 Å². The summed E-state index contributed by atoms with van der Waals surface area (Å²) >= 11 is 0. The average molecular weight is 474 g/mol. The molecule has 8 nitrogen and oxygen atoms in total. The minimum Gasteiger partial charge on any atom is -0.346 e. The Bertz CT molecular complexity index is 1160. The maximum Gasteiger partial charge on any atom is 0.416 e. The standard InChI is InChI=1S/C23H26F3N7O/c1-14(2)19-12-31(4)22(34)33(19)20-9-10-27-21(30-20)29-15(3)18-11-32(13-28-18)17-7-5-16(6-8-17)23(24,25)26/h5-11,13-15,19H,12H2,1-4H3,(H,27,29,30)/t15-,19?/m0/s1. The lowest BCUT2D eigenvalue weighted by Gasteiger charge is -2.25. The second-order valence-electron chi connectivity index (χ2n) is 8.70. The Morgan fingerprint density at radius 3 is 2.44 bits per heavy atom. The first-order chi connectivity index (χ1) is 16.0. The number of hydrogen-bond donors (Lipinski definition) is 1. The minimum absolute atomic E-state index is 0.0112. The van der Waals surface area contributed by atoms with Crippen LogP contribution in [-0.4, -0.2) is 50.1 Å². The van der Waals surface area contributed by atoms with Crippen molar-refractivity contribution in [3.8, 4) is 5.69 Å². The van der Waals surface area contributed by atoms with Gasteiger partial charge in [0.1, 0.15) is 5.82 Å². The second kappa shape index (κ2) is 8.96. The summed E-state index contributed by atoms with van der Waals surface area (Å²) in [4.78, 5) is 29.2. The van der Waals surface area contributed by atoms with Gasteiger partial charge in [-0.3, -0.25) is 4.90 Å². The first kappa shape index (κ1) is 23.5. The fraction of sp³-hybridized carbons (Fsp3) is 0.391. The van der Waals surface area contributed by atoms with Crippen LogP contribution in [0.15, 0.2) is 49.1 Å². The van der Waals surface area contributed by atoms with E-state index in [1.165, 1.54) is 12.1 Å². The van der Waals surface area contributed by atoms with E-state index in [4.69, 9.17) is 0 Å². The van der Waals surface area contributed by atoms with Crippen molar-refractivity contribution in [3.63, 3.8) is 0 Å². The Morgan fingerprint density at radius 1 is 1.09 bits per heavy atom. The number of anilines is 2. The smallest absolute Gasteiger partial charge is 0.346 e. The van der Waals surface area contributed by atoms with Gasteiger partial charge in [0.05, 0.1) is 29.7 Å². The van der Waals surface area contributed by atoms with Crippen LogP contribution < -0.4 is 10.2 Å². The summed E-state index contributed by atoms with van der Waals surface area (Å²) in [5, 5.41) is 3.19. The van der Waals surface area contributed by atoms with E-state index in [0.29, 0.717) is 29.7 Å². The van der Waals surface area contributed by atoms with Crippen LogP contribution in [0, 0.1) is 5.92 Å². The van der Waals surface area contributed by atoms with Gasteiger partial charge in [0.25, 0.3) is 0 Å². The number of amides is 2. The fourth-order valence-electron chi connectivity index (χ4n) is 3.89. The Morgan fingerprint density at radius 2 is 1.79 bits per heavy atom. The molecule has 1 unspecified atom stereocenters.